The number of halogens is 1. The summed E-state index contributed by atoms with van der Waals surface area (Å²) in [6.45, 7) is 5.24. The molecule has 0 aliphatic heterocycles. The summed E-state index contributed by atoms with van der Waals surface area (Å²) in [4.78, 5) is 4.86. The van der Waals surface area contributed by atoms with E-state index in [1.54, 1.807) is 7.11 Å². The van der Waals surface area contributed by atoms with Crippen LogP contribution in [-0.2, 0) is 13.0 Å². The molecule has 5 heteroatoms. The quantitative estimate of drug-likeness (QED) is 0.195. The minimum absolute atomic E-state index is 0.616. The molecule has 1 aromatic heterocycles. The molecule has 164 valence electrons. The second kappa shape index (κ2) is 10.4. The summed E-state index contributed by atoms with van der Waals surface area (Å²) in [5.74, 6) is 2.42. The van der Waals surface area contributed by atoms with Gasteiger partial charge in [0.05, 0.1) is 29.8 Å². The molecule has 4 rings (SSSR count). The Balaban J connectivity index is 1.44. The number of allylic oxidation sites excluding steroid dienone is 1. The first kappa shape index (κ1) is 22.0. The number of rotatable bonds is 10. The van der Waals surface area contributed by atoms with Crippen molar-refractivity contribution in [3.63, 3.8) is 0 Å². The van der Waals surface area contributed by atoms with Crippen LogP contribution in [0.1, 0.15) is 18.4 Å². The van der Waals surface area contributed by atoms with Crippen molar-refractivity contribution in [3.05, 3.63) is 90.0 Å². The predicted molar refractivity (Wildman–Crippen MR) is 132 cm³/mol. The van der Waals surface area contributed by atoms with Crippen molar-refractivity contribution in [2.24, 2.45) is 0 Å². The fraction of sp³-hybridized carbons (Fsp3) is 0.222. The maximum Gasteiger partial charge on any atom is 0.161 e. The van der Waals surface area contributed by atoms with Crippen molar-refractivity contribution in [1.29, 1.82) is 0 Å². The molecule has 0 atom stereocenters. The van der Waals surface area contributed by atoms with Crippen molar-refractivity contribution >= 4 is 22.6 Å². The van der Waals surface area contributed by atoms with E-state index in [1.165, 1.54) is 0 Å². The number of benzene rings is 3. The first-order chi connectivity index (χ1) is 15.7. The van der Waals surface area contributed by atoms with Crippen LogP contribution >= 0.6 is 11.6 Å². The Morgan fingerprint density at radius 3 is 2.62 bits per heavy atom. The van der Waals surface area contributed by atoms with E-state index in [4.69, 9.17) is 26.1 Å². The van der Waals surface area contributed by atoms with E-state index in [1.807, 2.05) is 66.7 Å². The highest BCUT2D eigenvalue weighted by molar-refractivity contribution is 6.33. The number of hydrogen-bond donors (Lipinski definition) is 0. The number of nitrogens with zero attached hydrogens (tertiary/aromatic N) is 2. The van der Waals surface area contributed by atoms with Gasteiger partial charge in [-0.25, -0.2) is 4.98 Å². The molecule has 0 aliphatic carbocycles. The number of ether oxygens (including phenoxy) is 2. The zero-order valence-electron chi connectivity index (χ0n) is 18.3. The van der Waals surface area contributed by atoms with Crippen LogP contribution in [0.2, 0.25) is 5.02 Å². The lowest BCUT2D eigenvalue weighted by molar-refractivity contribution is 0.284. The lowest BCUT2D eigenvalue weighted by Gasteiger charge is -2.13. The van der Waals surface area contributed by atoms with Crippen molar-refractivity contribution in [2.45, 2.75) is 25.8 Å². The van der Waals surface area contributed by atoms with E-state index in [0.717, 1.165) is 65.3 Å². The highest BCUT2D eigenvalue weighted by Gasteiger charge is 2.14. The van der Waals surface area contributed by atoms with Crippen LogP contribution < -0.4 is 9.47 Å². The Morgan fingerprint density at radius 2 is 1.81 bits per heavy atom. The Morgan fingerprint density at radius 1 is 1.00 bits per heavy atom. The molecule has 1 heterocycles. The third-order valence-electron chi connectivity index (χ3n) is 5.41. The molecule has 3 aromatic carbocycles. The fourth-order valence-corrected chi connectivity index (χ4v) is 4.05. The van der Waals surface area contributed by atoms with Crippen LogP contribution in [0.4, 0.5) is 0 Å². The predicted octanol–water partition coefficient (Wildman–Crippen LogP) is 6.95. The molecule has 0 fully saturated rings. The van der Waals surface area contributed by atoms with Gasteiger partial charge in [0.15, 0.2) is 11.5 Å². The van der Waals surface area contributed by atoms with E-state index in [0.29, 0.717) is 11.6 Å². The maximum absolute atomic E-state index is 6.48. The van der Waals surface area contributed by atoms with Crippen LogP contribution in [0.3, 0.4) is 0 Å². The number of fused-ring (bicyclic) bond motifs is 1. The largest absolute Gasteiger partial charge is 0.493 e. The first-order valence-electron chi connectivity index (χ1n) is 10.8. The zero-order valence-corrected chi connectivity index (χ0v) is 19.0. The van der Waals surface area contributed by atoms with Gasteiger partial charge in [0.2, 0.25) is 0 Å². The van der Waals surface area contributed by atoms with Gasteiger partial charge >= 0.3 is 0 Å². The number of aromatic nitrogens is 2. The number of para-hydroxylation sites is 2. The molecule has 0 saturated carbocycles. The number of hydrogen-bond acceptors (Lipinski definition) is 3. The van der Waals surface area contributed by atoms with Crippen LogP contribution in [0.5, 0.6) is 11.5 Å². The highest BCUT2D eigenvalue weighted by Crippen LogP contribution is 2.31. The summed E-state index contributed by atoms with van der Waals surface area (Å²) < 4.78 is 13.7. The third-order valence-corrected chi connectivity index (χ3v) is 5.74. The van der Waals surface area contributed by atoms with E-state index in [2.05, 4.69) is 17.2 Å². The van der Waals surface area contributed by atoms with Crippen molar-refractivity contribution < 1.29 is 9.47 Å². The summed E-state index contributed by atoms with van der Waals surface area (Å²) in [6, 6.07) is 22.1. The molecule has 4 aromatic rings. The first-order valence-corrected chi connectivity index (χ1v) is 11.2. The third kappa shape index (κ3) is 4.81. The summed E-state index contributed by atoms with van der Waals surface area (Å²) in [5, 5.41) is 0.708. The van der Waals surface area contributed by atoms with Crippen molar-refractivity contribution in [1.82, 2.24) is 9.55 Å². The highest BCUT2D eigenvalue weighted by atomic mass is 35.5. The Bertz CT molecular complexity index is 1220. The van der Waals surface area contributed by atoms with Gasteiger partial charge in [0, 0.05) is 12.1 Å². The molecule has 0 radical (unpaired) electrons. The van der Waals surface area contributed by atoms with Gasteiger partial charge in [-0.1, -0.05) is 48.0 Å². The Kier molecular flexibility index (Phi) is 7.13. The molecule has 4 nitrogen and oxygen atoms in total. The second-order valence-electron chi connectivity index (χ2n) is 7.59. The number of methoxy groups -OCH3 is 1. The Labute approximate surface area is 194 Å². The number of imidazole rings is 1. The summed E-state index contributed by atoms with van der Waals surface area (Å²) >= 11 is 6.48. The lowest BCUT2D eigenvalue weighted by atomic mass is 10.1. The summed E-state index contributed by atoms with van der Waals surface area (Å²) in [5.41, 5.74) is 4.19. The number of aryl methyl sites for hydroxylation is 1. The summed E-state index contributed by atoms with van der Waals surface area (Å²) in [7, 11) is 1.67. The topological polar surface area (TPSA) is 36.3 Å². The smallest absolute Gasteiger partial charge is 0.161 e. The van der Waals surface area contributed by atoms with Crippen LogP contribution in [0.15, 0.2) is 79.4 Å². The molecule has 32 heavy (non-hydrogen) atoms. The minimum Gasteiger partial charge on any atom is -0.493 e. The lowest BCUT2D eigenvalue weighted by Crippen LogP contribution is -2.05. The van der Waals surface area contributed by atoms with Gasteiger partial charge in [-0.05, 0) is 61.2 Å². The van der Waals surface area contributed by atoms with Gasteiger partial charge in [0.1, 0.15) is 5.82 Å². The molecule has 0 aliphatic rings. The fourth-order valence-electron chi connectivity index (χ4n) is 3.83. The zero-order chi connectivity index (χ0) is 22.3. The minimum atomic E-state index is 0.616. The van der Waals surface area contributed by atoms with Crippen molar-refractivity contribution in [2.75, 3.05) is 13.7 Å². The molecular weight excluding hydrogens is 420 g/mol. The van der Waals surface area contributed by atoms with Gasteiger partial charge in [-0.2, -0.15) is 0 Å². The van der Waals surface area contributed by atoms with Gasteiger partial charge in [0.25, 0.3) is 0 Å². The SMILES string of the molecule is C=CCc1ccc(OCCCCn2c(-c3ccccc3Cl)nc3ccccc32)c(OC)c1. The molecule has 0 spiro atoms. The van der Waals surface area contributed by atoms with Crippen LogP contribution in [0, 0.1) is 0 Å². The van der Waals surface area contributed by atoms with Gasteiger partial charge < -0.3 is 14.0 Å². The van der Waals surface area contributed by atoms with E-state index >= 15 is 0 Å². The second-order valence-corrected chi connectivity index (χ2v) is 8.00. The molecular formula is C27H27ClN2O2. The molecule has 0 unspecified atom stereocenters. The molecule has 0 amide bonds. The number of unbranched alkanes of at least 4 members (excludes halogenated alkanes) is 1. The summed E-state index contributed by atoms with van der Waals surface area (Å²) in [6.07, 6.45) is 4.55. The maximum atomic E-state index is 6.48. The molecule has 0 bridgehead atoms. The van der Waals surface area contributed by atoms with Gasteiger partial charge in [-0.15, -0.1) is 6.58 Å². The average molecular weight is 447 g/mol. The monoisotopic (exact) mass is 446 g/mol. The van der Waals surface area contributed by atoms with Crippen LogP contribution in [-0.4, -0.2) is 23.3 Å². The Hall–Kier alpha value is -3.24. The average Bonchev–Trinajstić information content (AvgIpc) is 3.18. The standard InChI is InChI=1S/C27H27ClN2O2/c1-3-10-20-15-16-25(26(19-20)31-2)32-18-9-8-17-30-24-14-7-6-13-23(24)29-27(30)21-11-4-5-12-22(21)28/h3-7,11-16,19H,1,8-10,17-18H2,2H3. The normalized spacial score (nSPS) is 10.9. The van der Waals surface area contributed by atoms with Gasteiger partial charge in [-0.3, -0.25) is 0 Å². The van der Waals surface area contributed by atoms with E-state index < -0.39 is 0 Å². The molecule has 0 saturated heterocycles. The van der Waals surface area contributed by atoms with Crippen LogP contribution in [0.25, 0.3) is 22.4 Å². The van der Waals surface area contributed by atoms with E-state index in [9.17, 15) is 0 Å². The molecule has 0 N–H and O–H groups in total. The van der Waals surface area contributed by atoms with E-state index in [-0.39, 0.29) is 0 Å². The van der Waals surface area contributed by atoms with Crippen molar-refractivity contribution in [3.8, 4) is 22.9 Å².